The summed E-state index contributed by atoms with van der Waals surface area (Å²) in [7, 11) is -3.27. The molecule has 16 heavy (non-hydrogen) atoms. The molecule has 0 aromatic heterocycles. The van der Waals surface area contributed by atoms with Gasteiger partial charge in [-0.2, -0.15) is 0 Å². The van der Waals surface area contributed by atoms with E-state index in [9.17, 15) is 13.2 Å². The van der Waals surface area contributed by atoms with Crippen LogP contribution in [0.5, 0.6) is 0 Å². The van der Waals surface area contributed by atoms with E-state index >= 15 is 0 Å². The minimum atomic E-state index is -3.27. The van der Waals surface area contributed by atoms with Crippen molar-refractivity contribution in [1.29, 1.82) is 0 Å². The van der Waals surface area contributed by atoms with Crippen LogP contribution in [-0.2, 0) is 9.84 Å². The topological polar surface area (TPSA) is 100.0 Å². The number of hydrogen-bond acceptors (Lipinski definition) is 3. The van der Waals surface area contributed by atoms with E-state index in [1.54, 1.807) is 0 Å². The molecule has 1 rings (SSSR count). The first-order chi connectivity index (χ1) is 7.51. The Morgan fingerprint density at radius 2 is 1.94 bits per heavy atom. The van der Waals surface area contributed by atoms with Gasteiger partial charge in [0, 0.05) is 10.5 Å². The first-order valence-electron chi connectivity index (χ1n) is 4.43. The van der Waals surface area contributed by atoms with Gasteiger partial charge in [0.25, 0.3) is 0 Å². The number of carbonyl (C=O) groups is 1. The summed E-state index contributed by atoms with van der Waals surface area (Å²) in [6, 6.07) is 5.27. The van der Waals surface area contributed by atoms with Crippen LogP contribution in [0.4, 0.5) is 0 Å². The summed E-state index contributed by atoms with van der Waals surface area (Å²) in [5.74, 6) is -0.737. The van der Waals surface area contributed by atoms with E-state index in [2.05, 4.69) is 10.0 Å². The summed E-state index contributed by atoms with van der Waals surface area (Å²) in [4.78, 5) is 13.6. The molecule has 0 unspecified atom stereocenters. The zero-order valence-corrected chi connectivity index (χ0v) is 9.31. The molecule has 84 valence electrons. The minimum Gasteiger partial charge on any atom is -0.287 e. The molecule has 0 saturated carbocycles. The highest BCUT2D eigenvalue weighted by Gasteiger charge is 2.11. The summed E-state index contributed by atoms with van der Waals surface area (Å²) in [6.45, 7) is 1.54. The Kier molecular flexibility index (Phi) is 3.65. The van der Waals surface area contributed by atoms with E-state index < -0.39 is 15.7 Å². The molecule has 7 heteroatoms. The smallest absolute Gasteiger partial charge is 0.249 e. The van der Waals surface area contributed by atoms with Crippen LogP contribution in [0.2, 0.25) is 0 Å². The molecule has 0 heterocycles. The van der Waals surface area contributed by atoms with Crippen LogP contribution in [0.15, 0.2) is 34.3 Å². The highest BCUT2D eigenvalue weighted by molar-refractivity contribution is 7.91. The molecule has 0 aliphatic carbocycles. The molecule has 0 atom stereocenters. The molecule has 0 fully saturated rings. The number of sulfone groups is 1. The number of azide groups is 1. The Morgan fingerprint density at radius 3 is 2.38 bits per heavy atom. The fourth-order valence-electron chi connectivity index (χ4n) is 1.07. The van der Waals surface area contributed by atoms with Gasteiger partial charge < -0.3 is 0 Å². The van der Waals surface area contributed by atoms with Crippen molar-refractivity contribution in [1.82, 2.24) is 0 Å². The fourth-order valence-corrected chi connectivity index (χ4v) is 1.95. The van der Waals surface area contributed by atoms with E-state index in [1.807, 2.05) is 0 Å². The third-order valence-corrected chi connectivity index (χ3v) is 3.73. The van der Waals surface area contributed by atoms with Gasteiger partial charge in [-0.15, -0.1) is 0 Å². The van der Waals surface area contributed by atoms with Gasteiger partial charge in [0.15, 0.2) is 9.84 Å². The van der Waals surface area contributed by atoms with Crippen LogP contribution in [0.25, 0.3) is 10.4 Å². The lowest BCUT2D eigenvalue weighted by atomic mass is 10.2. The van der Waals surface area contributed by atoms with Gasteiger partial charge in [0.1, 0.15) is 0 Å². The summed E-state index contributed by atoms with van der Waals surface area (Å²) in [6.07, 6.45) is 0. The largest absolute Gasteiger partial charge is 0.287 e. The lowest BCUT2D eigenvalue weighted by Crippen LogP contribution is -2.04. The fraction of sp³-hybridized carbons (Fsp3) is 0.222. The van der Waals surface area contributed by atoms with Gasteiger partial charge in [-0.3, -0.25) is 4.79 Å². The monoisotopic (exact) mass is 239 g/mol. The van der Waals surface area contributed by atoms with Crippen molar-refractivity contribution in [2.45, 2.75) is 11.8 Å². The Labute approximate surface area is 92.4 Å². The van der Waals surface area contributed by atoms with Crippen LogP contribution in [0.3, 0.4) is 0 Å². The molecule has 0 aliphatic heterocycles. The second kappa shape index (κ2) is 4.78. The van der Waals surface area contributed by atoms with Crippen LogP contribution < -0.4 is 0 Å². The molecule has 0 saturated heterocycles. The molecule has 0 spiro atoms. The summed E-state index contributed by atoms with van der Waals surface area (Å²) in [5.41, 5.74) is 8.22. The van der Waals surface area contributed by atoms with Crippen molar-refractivity contribution < 1.29 is 13.2 Å². The lowest BCUT2D eigenvalue weighted by molar-refractivity contribution is 0.100. The number of hydrogen-bond donors (Lipinski definition) is 0. The molecule has 0 N–H and O–H groups in total. The average Bonchev–Trinajstić information content (AvgIpc) is 2.29. The molecular formula is C9H9N3O3S. The quantitative estimate of drug-likeness (QED) is 0.457. The normalized spacial score (nSPS) is 10.6. The molecule has 0 bridgehead atoms. The first-order valence-corrected chi connectivity index (χ1v) is 6.08. The summed E-state index contributed by atoms with van der Waals surface area (Å²) in [5, 5.41) is 2.90. The molecule has 6 nitrogen and oxygen atoms in total. The van der Waals surface area contributed by atoms with E-state index in [-0.39, 0.29) is 16.2 Å². The number of rotatable bonds is 3. The summed E-state index contributed by atoms with van der Waals surface area (Å²) < 4.78 is 22.9. The van der Waals surface area contributed by atoms with Crippen LogP contribution in [0, 0.1) is 0 Å². The van der Waals surface area contributed by atoms with Crippen molar-refractivity contribution in [2.75, 3.05) is 5.75 Å². The summed E-state index contributed by atoms with van der Waals surface area (Å²) >= 11 is 0. The lowest BCUT2D eigenvalue weighted by Gasteiger charge is -2.01. The van der Waals surface area contributed by atoms with Crippen LogP contribution in [-0.4, -0.2) is 20.1 Å². The molecule has 1 amide bonds. The van der Waals surface area contributed by atoms with E-state index in [4.69, 9.17) is 5.53 Å². The Bertz CT molecular complexity index is 542. The van der Waals surface area contributed by atoms with Gasteiger partial charge in [-0.1, -0.05) is 6.92 Å². The van der Waals surface area contributed by atoms with Crippen molar-refractivity contribution in [3.8, 4) is 0 Å². The van der Waals surface area contributed by atoms with E-state index in [1.165, 1.54) is 31.2 Å². The van der Waals surface area contributed by atoms with E-state index in [0.717, 1.165) is 0 Å². The van der Waals surface area contributed by atoms with Gasteiger partial charge in [0.2, 0.25) is 5.91 Å². The maximum atomic E-state index is 11.4. The second-order valence-corrected chi connectivity index (χ2v) is 5.20. The number of nitrogens with zero attached hydrogens (tertiary/aromatic N) is 3. The molecule has 0 radical (unpaired) electrons. The molecule has 1 aromatic carbocycles. The number of benzene rings is 1. The average molecular weight is 239 g/mol. The van der Waals surface area contributed by atoms with Crippen molar-refractivity contribution in [3.05, 3.63) is 40.3 Å². The zero-order chi connectivity index (χ0) is 12.2. The SMILES string of the molecule is CCS(=O)(=O)c1ccc(C(=O)N=[N+]=[N-])cc1. The third-order valence-electron chi connectivity index (χ3n) is 1.98. The van der Waals surface area contributed by atoms with Crippen molar-refractivity contribution in [3.63, 3.8) is 0 Å². The highest BCUT2D eigenvalue weighted by Crippen LogP contribution is 2.12. The van der Waals surface area contributed by atoms with Crippen LogP contribution in [0.1, 0.15) is 17.3 Å². The minimum absolute atomic E-state index is 0.00333. The standard InChI is InChI=1S/C9H9N3O3S/c1-2-16(14,15)8-5-3-7(4-6-8)9(13)11-12-10/h3-6H,2H2,1H3. The van der Waals surface area contributed by atoms with Crippen molar-refractivity contribution >= 4 is 15.7 Å². The van der Waals surface area contributed by atoms with Crippen molar-refractivity contribution in [2.24, 2.45) is 5.11 Å². The van der Waals surface area contributed by atoms with E-state index in [0.29, 0.717) is 0 Å². The predicted octanol–water partition coefficient (Wildman–Crippen LogP) is 1.93. The number of amides is 1. The molecule has 0 aliphatic rings. The zero-order valence-electron chi connectivity index (χ0n) is 8.49. The van der Waals surface area contributed by atoms with Gasteiger partial charge in [-0.05, 0) is 34.9 Å². The second-order valence-electron chi connectivity index (χ2n) is 2.92. The van der Waals surface area contributed by atoms with Gasteiger partial charge >= 0.3 is 0 Å². The molecular weight excluding hydrogens is 230 g/mol. The Balaban J connectivity index is 3.10. The first kappa shape index (κ1) is 12.2. The highest BCUT2D eigenvalue weighted by atomic mass is 32.2. The van der Waals surface area contributed by atoms with Crippen LogP contribution >= 0.6 is 0 Å². The van der Waals surface area contributed by atoms with Gasteiger partial charge in [-0.25, -0.2) is 8.42 Å². The third kappa shape index (κ3) is 2.59. The number of carbonyl (C=O) groups excluding carboxylic acids is 1. The Morgan fingerprint density at radius 1 is 1.38 bits per heavy atom. The predicted molar refractivity (Wildman–Crippen MR) is 57.6 cm³/mol. The maximum absolute atomic E-state index is 11.4. The van der Waals surface area contributed by atoms with Gasteiger partial charge in [0.05, 0.1) is 10.6 Å². The Hall–Kier alpha value is -1.85. The molecule has 1 aromatic rings. The maximum Gasteiger partial charge on any atom is 0.249 e.